The maximum absolute atomic E-state index is 15.0. The Morgan fingerprint density at radius 1 is 1.23 bits per heavy atom. The first-order chi connectivity index (χ1) is 14.2. The Hall–Kier alpha value is -3.40. The largest absolute Gasteiger partial charge is 0.416 e. The van der Waals surface area contributed by atoms with Crippen LogP contribution in [0.1, 0.15) is 11.1 Å². The fourth-order valence-corrected chi connectivity index (χ4v) is 3.45. The molecule has 0 aliphatic carbocycles. The fourth-order valence-electron chi connectivity index (χ4n) is 3.45. The summed E-state index contributed by atoms with van der Waals surface area (Å²) in [6.07, 6.45) is -1.65. The Kier molecular flexibility index (Phi) is 4.73. The molecule has 2 heterocycles. The van der Waals surface area contributed by atoms with E-state index < -0.39 is 29.4 Å². The lowest BCUT2D eigenvalue weighted by Gasteiger charge is -2.51. The van der Waals surface area contributed by atoms with E-state index >= 15 is 4.39 Å². The highest BCUT2D eigenvalue weighted by Gasteiger charge is 2.54. The molecular weight excluding hydrogens is 400 g/mol. The summed E-state index contributed by atoms with van der Waals surface area (Å²) in [5, 5.41) is 0. The van der Waals surface area contributed by atoms with Gasteiger partial charge in [-0.15, -0.1) is 0 Å². The van der Waals surface area contributed by atoms with Crippen molar-refractivity contribution in [2.75, 3.05) is 33.0 Å². The lowest BCUT2D eigenvalue weighted by atomic mass is 9.84. The first-order valence-electron chi connectivity index (χ1n) is 9.07. The predicted octanol–water partition coefficient (Wildman–Crippen LogP) is 2.85. The zero-order valence-electron chi connectivity index (χ0n) is 16.3. The molecule has 2 amide bonds. The van der Waals surface area contributed by atoms with Gasteiger partial charge >= 0.3 is 12.2 Å². The molecule has 8 nitrogen and oxygen atoms in total. The van der Waals surface area contributed by atoms with Gasteiger partial charge in [0, 0.05) is 25.2 Å². The quantitative estimate of drug-likeness (QED) is 0.769. The molecule has 2 aromatic carbocycles. The molecular formula is C20H19F2N3O5. The van der Waals surface area contributed by atoms with E-state index in [9.17, 15) is 14.0 Å². The molecule has 1 saturated heterocycles. The number of fused-ring (bicyclic) bond motifs is 2. The van der Waals surface area contributed by atoms with E-state index in [2.05, 4.69) is 0 Å². The van der Waals surface area contributed by atoms with Crippen LogP contribution >= 0.6 is 0 Å². The number of amides is 2. The molecule has 1 fully saturated rings. The number of anilines is 1. The standard InChI is InChI=1S/C20H19F2N3O5/c1-24(2)18(26)29-14-7-6-12-17(16(14)22)30-19(27)25(20(12)9-28-10-20)8-11-4-3-5-13(23)15(11)21/h3-7H,8-10,23H2,1-2H3. The van der Waals surface area contributed by atoms with Crippen molar-refractivity contribution in [1.29, 1.82) is 0 Å². The van der Waals surface area contributed by atoms with Crippen molar-refractivity contribution in [3.63, 3.8) is 0 Å². The van der Waals surface area contributed by atoms with Gasteiger partial charge in [0.25, 0.3) is 0 Å². The molecule has 1 spiro atoms. The Bertz CT molecular complexity index is 1040. The van der Waals surface area contributed by atoms with E-state index in [-0.39, 0.29) is 42.5 Å². The third-order valence-corrected chi connectivity index (χ3v) is 5.17. The van der Waals surface area contributed by atoms with Crippen LogP contribution in [0.4, 0.5) is 24.1 Å². The molecule has 10 heteroatoms. The van der Waals surface area contributed by atoms with Gasteiger partial charge < -0.3 is 24.8 Å². The summed E-state index contributed by atoms with van der Waals surface area (Å²) < 4.78 is 45.0. The summed E-state index contributed by atoms with van der Waals surface area (Å²) in [5.74, 6) is -2.32. The topological polar surface area (TPSA) is 94.3 Å². The third-order valence-electron chi connectivity index (χ3n) is 5.17. The molecule has 4 rings (SSSR count). The van der Waals surface area contributed by atoms with Crippen molar-refractivity contribution in [1.82, 2.24) is 9.80 Å². The number of hydrogen-bond acceptors (Lipinski definition) is 6. The SMILES string of the molecule is CN(C)C(=O)Oc1ccc2c(c1F)OC(=O)N(Cc1cccc(N)c1F)C21COC1. The zero-order valence-corrected chi connectivity index (χ0v) is 16.3. The van der Waals surface area contributed by atoms with E-state index in [0.29, 0.717) is 5.56 Å². The maximum atomic E-state index is 15.0. The number of nitrogen functional groups attached to an aromatic ring is 1. The normalized spacial score (nSPS) is 16.5. The molecule has 30 heavy (non-hydrogen) atoms. The van der Waals surface area contributed by atoms with Gasteiger partial charge in [-0.25, -0.2) is 14.0 Å². The lowest BCUT2D eigenvalue weighted by molar-refractivity contribution is -0.143. The molecule has 2 aliphatic heterocycles. The monoisotopic (exact) mass is 419 g/mol. The van der Waals surface area contributed by atoms with Crippen molar-refractivity contribution in [3.8, 4) is 11.5 Å². The number of carbonyl (C=O) groups is 2. The first-order valence-corrected chi connectivity index (χ1v) is 9.07. The van der Waals surface area contributed by atoms with Crippen molar-refractivity contribution >= 4 is 17.9 Å². The van der Waals surface area contributed by atoms with Crippen molar-refractivity contribution in [2.24, 2.45) is 0 Å². The molecule has 2 aromatic rings. The van der Waals surface area contributed by atoms with E-state index in [1.807, 2.05) is 0 Å². The number of halogens is 2. The highest BCUT2D eigenvalue weighted by Crippen LogP contribution is 2.48. The van der Waals surface area contributed by atoms with Gasteiger partial charge in [0.05, 0.1) is 25.4 Å². The number of benzene rings is 2. The average molecular weight is 419 g/mol. The van der Waals surface area contributed by atoms with Crippen molar-refractivity contribution in [3.05, 3.63) is 53.1 Å². The Morgan fingerprint density at radius 3 is 2.60 bits per heavy atom. The number of rotatable bonds is 3. The van der Waals surface area contributed by atoms with Crippen LogP contribution in [-0.4, -0.2) is 49.3 Å². The average Bonchev–Trinajstić information content (AvgIpc) is 2.67. The summed E-state index contributed by atoms with van der Waals surface area (Å²) in [4.78, 5) is 27.0. The maximum Gasteiger partial charge on any atom is 0.416 e. The Balaban J connectivity index is 1.72. The first kappa shape index (κ1) is 19.9. The summed E-state index contributed by atoms with van der Waals surface area (Å²) in [6, 6.07) is 7.29. The van der Waals surface area contributed by atoms with Gasteiger partial charge in [-0.3, -0.25) is 4.90 Å². The summed E-state index contributed by atoms with van der Waals surface area (Å²) in [5.41, 5.74) is 5.08. The van der Waals surface area contributed by atoms with Crippen molar-refractivity contribution in [2.45, 2.75) is 12.1 Å². The summed E-state index contributed by atoms with van der Waals surface area (Å²) >= 11 is 0. The minimum Gasteiger partial charge on any atom is -0.407 e. The number of nitrogens with zero attached hydrogens (tertiary/aromatic N) is 2. The number of hydrogen-bond donors (Lipinski definition) is 1. The van der Waals surface area contributed by atoms with Crippen LogP contribution in [0.2, 0.25) is 0 Å². The number of nitrogens with two attached hydrogens (primary N) is 1. The molecule has 0 aromatic heterocycles. The molecule has 2 N–H and O–H groups in total. The van der Waals surface area contributed by atoms with E-state index in [1.54, 1.807) is 6.07 Å². The van der Waals surface area contributed by atoms with Gasteiger partial charge in [0.15, 0.2) is 17.3 Å². The molecule has 0 radical (unpaired) electrons. The van der Waals surface area contributed by atoms with Gasteiger partial charge in [0.1, 0.15) is 5.54 Å². The van der Waals surface area contributed by atoms with E-state index in [4.69, 9.17) is 19.9 Å². The Morgan fingerprint density at radius 2 is 1.97 bits per heavy atom. The minimum absolute atomic E-state index is 0.0458. The minimum atomic E-state index is -1.04. The molecule has 0 atom stereocenters. The molecule has 0 bridgehead atoms. The van der Waals surface area contributed by atoms with Crippen LogP contribution in [0.5, 0.6) is 11.5 Å². The van der Waals surface area contributed by atoms with E-state index in [1.165, 1.54) is 43.3 Å². The van der Waals surface area contributed by atoms with Crippen LogP contribution < -0.4 is 15.2 Å². The molecule has 0 saturated carbocycles. The molecule has 158 valence electrons. The van der Waals surface area contributed by atoms with Crippen LogP contribution in [0.15, 0.2) is 30.3 Å². The zero-order chi connectivity index (χ0) is 21.6. The fraction of sp³-hybridized carbons (Fsp3) is 0.300. The van der Waals surface area contributed by atoms with Gasteiger partial charge in [-0.1, -0.05) is 12.1 Å². The van der Waals surface area contributed by atoms with E-state index in [0.717, 1.165) is 4.90 Å². The summed E-state index contributed by atoms with van der Waals surface area (Å²) in [7, 11) is 2.90. The number of ether oxygens (including phenoxy) is 3. The third kappa shape index (κ3) is 3.00. The van der Waals surface area contributed by atoms with Crippen LogP contribution in [0.3, 0.4) is 0 Å². The van der Waals surface area contributed by atoms with Crippen LogP contribution in [-0.2, 0) is 16.8 Å². The van der Waals surface area contributed by atoms with Gasteiger partial charge in [0.2, 0.25) is 5.82 Å². The van der Waals surface area contributed by atoms with Gasteiger partial charge in [-0.2, -0.15) is 4.39 Å². The van der Waals surface area contributed by atoms with Crippen LogP contribution in [0.25, 0.3) is 0 Å². The summed E-state index contributed by atoms with van der Waals surface area (Å²) in [6.45, 7) is 0.0160. The van der Waals surface area contributed by atoms with Crippen LogP contribution in [0, 0.1) is 11.6 Å². The predicted molar refractivity (Wildman–Crippen MR) is 101 cm³/mol. The smallest absolute Gasteiger partial charge is 0.407 e. The number of carbonyl (C=O) groups excluding carboxylic acids is 2. The molecule has 0 unspecified atom stereocenters. The lowest BCUT2D eigenvalue weighted by Crippen LogP contribution is -2.63. The van der Waals surface area contributed by atoms with Crippen molar-refractivity contribution < 1.29 is 32.6 Å². The highest BCUT2D eigenvalue weighted by atomic mass is 19.1. The Labute approximate surface area is 170 Å². The second-order valence-electron chi connectivity index (χ2n) is 7.32. The second kappa shape index (κ2) is 7.13. The highest BCUT2D eigenvalue weighted by molar-refractivity contribution is 5.77. The molecule has 2 aliphatic rings. The second-order valence-corrected chi connectivity index (χ2v) is 7.32. The van der Waals surface area contributed by atoms with Gasteiger partial charge in [-0.05, 0) is 18.2 Å².